The average molecular weight is 477 g/mol. The fraction of sp³-hybridized carbons (Fsp3) is 0.960. The smallest absolute Gasteiger partial charge is 0.264 e. The molecule has 0 aromatic heterocycles. The topological polar surface area (TPSA) is 95.5 Å². The van der Waals surface area contributed by atoms with Crippen LogP contribution < -0.4 is 10.6 Å². The second-order valence-electron chi connectivity index (χ2n) is 9.15. The first-order chi connectivity index (χ1) is 15.5. The van der Waals surface area contributed by atoms with Gasteiger partial charge in [0.05, 0.1) is 5.75 Å². The van der Waals surface area contributed by atoms with Crippen molar-refractivity contribution in [3.05, 3.63) is 0 Å². The van der Waals surface area contributed by atoms with Crippen LogP contribution in [0.1, 0.15) is 129 Å². The summed E-state index contributed by atoms with van der Waals surface area (Å²) in [5, 5.41) is 6.06. The second-order valence-corrected chi connectivity index (χ2v) is 10.7. The minimum atomic E-state index is -3.87. The summed E-state index contributed by atoms with van der Waals surface area (Å²) in [7, 11) is -3.87. The van der Waals surface area contributed by atoms with Gasteiger partial charge in [0.1, 0.15) is 0 Å². The molecule has 0 aliphatic carbocycles. The molecule has 1 amide bonds. The van der Waals surface area contributed by atoms with Crippen molar-refractivity contribution in [1.29, 1.82) is 0 Å². The number of amides is 1. The Balaban J connectivity index is 3.18. The van der Waals surface area contributed by atoms with E-state index in [9.17, 15) is 13.2 Å². The average Bonchev–Trinajstić information content (AvgIpc) is 2.74. The molecule has 0 bridgehead atoms. The number of nitrogens with one attached hydrogen (secondary N) is 2. The van der Waals surface area contributed by atoms with Crippen LogP contribution in [0.2, 0.25) is 0 Å². The van der Waals surface area contributed by atoms with E-state index in [1.165, 1.54) is 96.3 Å². The molecule has 0 saturated carbocycles. The molecule has 192 valence electrons. The SMILES string of the molecule is CCCCCCCCCCCCCCCCCCNC(=O)CCCNCCCS(=O)(=O)O. The molecule has 0 aromatic rings. The van der Waals surface area contributed by atoms with Gasteiger partial charge in [0.2, 0.25) is 5.91 Å². The quantitative estimate of drug-likeness (QED) is 0.111. The van der Waals surface area contributed by atoms with Crippen LogP contribution in [0.3, 0.4) is 0 Å². The maximum absolute atomic E-state index is 11.8. The zero-order valence-electron chi connectivity index (χ0n) is 20.8. The van der Waals surface area contributed by atoms with Crippen molar-refractivity contribution in [2.45, 2.75) is 129 Å². The van der Waals surface area contributed by atoms with Crippen LogP contribution in [0.15, 0.2) is 0 Å². The molecule has 0 atom stereocenters. The van der Waals surface area contributed by atoms with Crippen molar-refractivity contribution in [3.8, 4) is 0 Å². The normalized spacial score (nSPS) is 11.7. The Bertz CT molecular complexity index is 512. The van der Waals surface area contributed by atoms with E-state index >= 15 is 0 Å². The lowest BCUT2D eigenvalue weighted by Gasteiger charge is -2.06. The van der Waals surface area contributed by atoms with Crippen LogP contribution in [-0.4, -0.2) is 44.3 Å². The predicted octanol–water partition coefficient (Wildman–Crippen LogP) is 6.01. The summed E-state index contributed by atoms with van der Waals surface area (Å²) in [6.45, 7) is 4.24. The van der Waals surface area contributed by atoms with Gasteiger partial charge in [-0.15, -0.1) is 0 Å². The zero-order chi connectivity index (χ0) is 23.8. The van der Waals surface area contributed by atoms with Crippen LogP contribution in [0.5, 0.6) is 0 Å². The number of carbonyl (C=O) groups is 1. The first kappa shape index (κ1) is 31.3. The lowest BCUT2D eigenvalue weighted by atomic mass is 10.0. The Labute approximate surface area is 198 Å². The first-order valence-electron chi connectivity index (χ1n) is 13.4. The molecule has 0 radical (unpaired) electrons. The number of rotatable bonds is 25. The molecule has 0 rings (SSSR count). The molecule has 32 heavy (non-hydrogen) atoms. The number of hydrogen-bond acceptors (Lipinski definition) is 4. The van der Waals surface area contributed by atoms with E-state index < -0.39 is 10.1 Å². The van der Waals surface area contributed by atoms with E-state index in [0.717, 1.165) is 19.4 Å². The summed E-state index contributed by atoms with van der Waals surface area (Å²) in [4.78, 5) is 11.8. The first-order valence-corrected chi connectivity index (χ1v) is 15.0. The van der Waals surface area contributed by atoms with Crippen LogP contribution >= 0.6 is 0 Å². The van der Waals surface area contributed by atoms with Gasteiger partial charge in [-0.2, -0.15) is 8.42 Å². The predicted molar refractivity (Wildman–Crippen MR) is 136 cm³/mol. The number of hydrogen-bond donors (Lipinski definition) is 3. The van der Waals surface area contributed by atoms with E-state index in [1.807, 2.05) is 0 Å². The van der Waals surface area contributed by atoms with Crippen molar-refractivity contribution in [1.82, 2.24) is 10.6 Å². The molecule has 0 saturated heterocycles. The fourth-order valence-electron chi connectivity index (χ4n) is 3.87. The number of unbranched alkanes of at least 4 members (excludes halogenated alkanes) is 15. The van der Waals surface area contributed by atoms with E-state index in [0.29, 0.717) is 25.9 Å². The van der Waals surface area contributed by atoms with Crippen molar-refractivity contribution in [2.75, 3.05) is 25.4 Å². The molecule has 0 spiro atoms. The molecule has 0 unspecified atom stereocenters. The molecule has 7 heteroatoms. The van der Waals surface area contributed by atoms with Gasteiger partial charge in [-0.25, -0.2) is 0 Å². The Morgan fingerprint density at radius 3 is 1.53 bits per heavy atom. The Hall–Kier alpha value is -0.660. The summed E-state index contributed by atoms with van der Waals surface area (Å²) in [5.41, 5.74) is 0. The van der Waals surface area contributed by atoms with Crippen molar-refractivity contribution in [3.63, 3.8) is 0 Å². The highest BCUT2D eigenvalue weighted by Gasteiger charge is 2.03. The fourth-order valence-corrected chi connectivity index (χ4v) is 4.38. The highest BCUT2D eigenvalue weighted by Crippen LogP contribution is 2.13. The third-order valence-electron chi connectivity index (χ3n) is 5.87. The summed E-state index contributed by atoms with van der Waals surface area (Å²) in [6, 6.07) is 0. The Morgan fingerprint density at radius 2 is 1.06 bits per heavy atom. The Morgan fingerprint density at radius 1 is 0.625 bits per heavy atom. The molecule has 6 nitrogen and oxygen atoms in total. The lowest BCUT2D eigenvalue weighted by molar-refractivity contribution is -0.121. The van der Waals surface area contributed by atoms with Gasteiger partial charge < -0.3 is 10.6 Å². The molecular weight excluding hydrogens is 424 g/mol. The maximum Gasteiger partial charge on any atom is 0.264 e. The van der Waals surface area contributed by atoms with Gasteiger partial charge >= 0.3 is 0 Å². The second kappa shape index (κ2) is 23.5. The summed E-state index contributed by atoms with van der Waals surface area (Å²) < 4.78 is 29.8. The molecule has 0 aliphatic rings. The van der Waals surface area contributed by atoms with E-state index in [-0.39, 0.29) is 11.7 Å². The van der Waals surface area contributed by atoms with Gasteiger partial charge in [-0.1, -0.05) is 103 Å². The summed E-state index contributed by atoms with van der Waals surface area (Å²) in [5.74, 6) is -0.134. The van der Waals surface area contributed by atoms with Crippen LogP contribution in [0, 0.1) is 0 Å². The van der Waals surface area contributed by atoms with Gasteiger partial charge in [0.25, 0.3) is 10.1 Å². The van der Waals surface area contributed by atoms with Gasteiger partial charge in [-0.05, 0) is 32.4 Å². The van der Waals surface area contributed by atoms with E-state index in [1.54, 1.807) is 0 Å². The minimum absolute atomic E-state index is 0.0886. The van der Waals surface area contributed by atoms with Gasteiger partial charge in [-0.3, -0.25) is 9.35 Å². The summed E-state index contributed by atoms with van der Waals surface area (Å²) >= 11 is 0. The van der Waals surface area contributed by atoms with Crippen molar-refractivity contribution < 1.29 is 17.8 Å². The highest BCUT2D eigenvalue weighted by atomic mass is 32.2. The molecule has 0 aromatic carbocycles. The standard InChI is InChI=1S/C25H52N2O4S/c1-2-3-4-5-6-7-8-9-10-11-12-13-14-15-16-17-23-27-25(28)20-18-21-26-22-19-24-32(29,30)31/h26H,2-24H2,1H3,(H,27,28)(H,29,30,31). The molecule has 3 N–H and O–H groups in total. The molecule has 0 fully saturated rings. The molecular formula is C25H52N2O4S. The van der Waals surface area contributed by atoms with Crippen LogP contribution in [0.25, 0.3) is 0 Å². The minimum Gasteiger partial charge on any atom is -0.356 e. The lowest BCUT2D eigenvalue weighted by Crippen LogP contribution is -2.26. The van der Waals surface area contributed by atoms with Gasteiger partial charge in [0.15, 0.2) is 0 Å². The molecule has 0 aliphatic heterocycles. The van der Waals surface area contributed by atoms with E-state index in [2.05, 4.69) is 17.6 Å². The van der Waals surface area contributed by atoms with E-state index in [4.69, 9.17) is 4.55 Å². The van der Waals surface area contributed by atoms with Crippen molar-refractivity contribution in [2.24, 2.45) is 0 Å². The third-order valence-corrected chi connectivity index (χ3v) is 6.67. The maximum atomic E-state index is 11.8. The van der Waals surface area contributed by atoms with Crippen molar-refractivity contribution >= 4 is 16.0 Å². The van der Waals surface area contributed by atoms with Crippen LogP contribution in [0.4, 0.5) is 0 Å². The Kier molecular flexibility index (Phi) is 23.0. The van der Waals surface area contributed by atoms with Crippen LogP contribution in [-0.2, 0) is 14.9 Å². The molecule has 0 heterocycles. The highest BCUT2D eigenvalue weighted by molar-refractivity contribution is 7.85. The zero-order valence-corrected chi connectivity index (χ0v) is 21.7. The largest absolute Gasteiger partial charge is 0.356 e. The number of carbonyl (C=O) groups excluding carboxylic acids is 1. The third kappa shape index (κ3) is 27.4. The summed E-state index contributed by atoms with van der Waals surface area (Å²) in [6.07, 6.45) is 23.2. The monoisotopic (exact) mass is 476 g/mol. The van der Waals surface area contributed by atoms with Gasteiger partial charge in [0, 0.05) is 13.0 Å².